The van der Waals surface area contributed by atoms with E-state index in [1.54, 1.807) is 6.07 Å². The van der Waals surface area contributed by atoms with Crippen molar-refractivity contribution in [2.75, 3.05) is 0 Å². The number of non-ortho nitro benzene ring substituents is 1. The first-order chi connectivity index (χ1) is 9.54. The molecule has 1 aromatic rings. The Morgan fingerprint density at radius 1 is 1.50 bits per heavy atom. The Morgan fingerprint density at radius 3 is 2.80 bits per heavy atom. The van der Waals surface area contributed by atoms with E-state index in [0.717, 1.165) is 22.9 Å². The Hall–Kier alpha value is -1.41. The first-order valence-electron chi connectivity index (χ1n) is 6.88. The van der Waals surface area contributed by atoms with Gasteiger partial charge in [-0.2, -0.15) is 5.26 Å². The predicted octanol–water partition coefficient (Wildman–Crippen LogP) is 4.23. The molecule has 5 heteroatoms. The quantitative estimate of drug-likeness (QED) is 0.613. The van der Waals surface area contributed by atoms with Gasteiger partial charge in [-0.15, -0.1) is 0 Å². The van der Waals surface area contributed by atoms with Gasteiger partial charge in [-0.3, -0.25) is 10.1 Å². The fraction of sp³-hybridized carbons (Fsp3) is 0.533. The second-order valence-corrected chi connectivity index (χ2v) is 6.91. The molecule has 1 aromatic carbocycles. The van der Waals surface area contributed by atoms with E-state index in [1.807, 2.05) is 0 Å². The van der Waals surface area contributed by atoms with Gasteiger partial charge in [0.1, 0.15) is 0 Å². The molecule has 2 aliphatic rings. The van der Waals surface area contributed by atoms with E-state index in [4.69, 9.17) is 0 Å². The van der Waals surface area contributed by atoms with Crippen LogP contribution in [-0.4, -0.2) is 4.92 Å². The first kappa shape index (κ1) is 13.6. The van der Waals surface area contributed by atoms with Gasteiger partial charge in [0.15, 0.2) is 0 Å². The maximum atomic E-state index is 10.8. The van der Waals surface area contributed by atoms with E-state index in [9.17, 15) is 15.4 Å². The Balaban J connectivity index is 1.88. The Kier molecular flexibility index (Phi) is 3.29. The molecule has 3 atom stereocenters. The Labute approximate surface area is 126 Å². The minimum absolute atomic E-state index is 0.0829. The molecule has 2 aliphatic carbocycles. The van der Waals surface area contributed by atoms with Gasteiger partial charge in [-0.05, 0) is 43.1 Å². The second-order valence-electron chi connectivity index (χ2n) is 6.06. The molecular formula is C15H15BrN2O2. The average molecular weight is 335 g/mol. The largest absolute Gasteiger partial charge is 0.270 e. The van der Waals surface area contributed by atoms with Crippen molar-refractivity contribution in [3.63, 3.8) is 0 Å². The van der Waals surface area contributed by atoms with Gasteiger partial charge in [0.05, 0.1) is 16.4 Å². The average Bonchev–Trinajstić information content (AvgIpc) is 3.01. The molecule has 0 aliphatic heterocycles. The lowest BCUT2D eigenvalue weighted by atomic mass is 9.70. The molecule has 3 rings (SSSR count). The van der Waals surface area contributed by atoms with Crippen molar-refractivity contribution in [3.8, 4) is 6.07 Å². The van der Waals surface area contributed by atoms with Crippen LogP contribution in [0, 0.1) is 38.7 Å². The van der Waals surface area contributed by atoms with E-state index in [0.29, 0.717) is 18.3 Å². The summed E-state index contributed by atoms with van der Waals surface area (Å²) in [6.07, 6.45) is 5.28. The summed E-state index contributed by atoms with van der Waals surface area (Å²) in [4.78, 5) is 10.4. The molecule has 4 nitrogen and oxygen atoms in total. The summed E-state index contributed by atoms with van der Waals surface area (Å²) in [6.45, 7) is 0. The lowest BCUT2D eigenvalue weighted by Crippen LogP contribution is -2.28. The third-order valence-corrected chi connectivity index (χ3v) is 5.69. The van der Waals surface area contributed by atoms with Crippen LogP contribution < -0.4 is 0 Å². The van der Waals surface area contributed by atoms with Gasteiger partial charge in [0.25, 0.3) is 5.69 Å². The number of nitro benzene ring substituents is 1. The molecule has 3 unspecified atom stereocenters. The van der Waals surface area contributed by atoms with Gasteiger partial charge >= 0.3 is 0 Å². The zero-order valence-electron chi connectivity index (χ0n) is 11.0. The smallest absolute Gasteiger partial charge is 0.258 e. The van der Waals surface area contributed by atoms with Crippen LogP contribution in [0.25, 0.3) is 0 Å². The predicted molar refractivity (Wildman–Crippen MR) is 78.0 cm³/mol. The first-order valence-corrected chi connectivity index (χ1v) is 7.67. The van der Waals surface area contributed by atoms with Crippen LogP contribution in [-0.2, 0) is 6.42 Å². The van der Waals surface area contributed by atoms with Gasteiger partial charge in [0, 0.05) is 16.6 Å². The molecule has 2 saturated carbocycles. The van der Waals surface area contributed by atoms with Crippen molar-refractivity contribution in [2.24, 2.45) is 17.3 Å². The summed E-state index contributed by atoms with van der Waals surface area (Å²) >= 11 is 3.42. The molecule has 0 saturated heterocycles. The molecule has 0 spiro atoms. The van der Waals surface area contributed by atoms with Crippen LogP contribution >= 0.6 is 15.9 Å². The summed E-state index contributed by atoms with van der Waals surface area (Å²) in [5, 5.41) is 20.4. The van der Waals surface area contributed by atoms with E-state index in [2.05, 4.69) is 22.0 Å². The standard InChI is InChI=1S/C15H15BrN2O2/c16-14-6-13(18(19)20)4-2-11(14)8-15(9-17)7-10-1-3-12(15)5-10/h2,4,6,10,12H,1,3,5,7-8H2. The minimum atomic E-state index is -0.397. The number of hydrogen-bond donors (Lipinski definition) is 0. The SMILES string of the molecule is N#CC1(Cc2ccc([N+](=O)[O-])cc2Br)CC2CCC1C2. The number of rotatable bonds is 3. The van der Waals surface area contributed by atoms with Crippen molar-refractivity contribution in [3.05, 3.63) is 38.3 Å². The zero-order valence-corrected chi connectivity index (χ0v) is 12.6. The van der Waals surface area contributed by atoms with Crippen molar-refractivity contribution < 1.29 is 4.92 Å². The number of nitrogens with zero attached hydrogens (tertiary/aromatic N) is 2. The molecule has 0 heterocycles. The summed E-state index contributed by atoms with van der Waals surface area (Å²) in [5.41, 5.74) is 0.825. The molecule has 0 N–H and O–H groups in total. The van der Waals surface area contributed by atoms with Crippen LogP contribution in [0.4, 0.5) is 5.69 Å². The molecule has 0 aromatic heterocycles. The molecule has 104 valence electrons. The lowest BCUT2D eigenvalue weighted by Gasteiger charge is -2.31. The Morgan fingerprint density at radius 2 is 2.30 bits per heavy atom. The van der Waals surface area contributed by atoms with Crippen LogP contribution in [0.5, 0.6) is 0 Å². The zero-order chi connectivity index (χ0) is 14.3. The molecular weight excluding hydrogens is 320 g/mol. The van der Waals surface area contributed by atoms with Gasteiger partial charge < -0.3 is 0 Å². The second kappa shape index (κ2) is 4.85. The van der Waals surface area contributed by atoms with E-state index >= 15 is 0 Å². The minimum Gasteiger partial charge on any atom is -0.258 e. The van der Waals surface area contributed by atoms with Gasteiger partial charge in [-0.25, -0.2) is 0 Å². The highest BCUT2D eigenvalue weighted by atomic mass is 79.9. The monoisotopic (exact) mass is 334 g/mol. The highest BCUT2D eigenvalue weighted by molar-refractivity contribution is 9.10. The highest BCUT2D eigenvalue weighted by Gasteiger charge is 2.51. The van der Waals surface area contributed by atoms with Crippen molar-refractivity contribution in [1.82, 2.24) is 0 Å². The number of hydrogen-bond acceptors (Lipinski definition) is 3. The van der Waals surface area contributed by atoms with Gasteiger partial charge in [0.2, 0.25) is 0 Å². The van der Waals surface area contributed by atoms with Crippen molar-refractivity contribution in [2.45, 2.75) is 32.1 Å². The third-order valence-electron chi connectivity index (χ3n) is 4.95. The van der Waals surface area contributed by atoms with E-state index in [1.165, 1.54) is 25.0 Å². The summed E-state index contributed by atoms with van der Waals surface area (Å²) in [6, 6.07) is 7.41. The van der Waals surface area contributed by atoms with Crippen LogP contribution in [0.1, 0.15) is 31.2 Å². The van der Waals surface area contributed by atoms with Gasteiger partial charge in [-0.1, -0.05) is 28.4 Å². The van der Waals surface area contributed by atoms with Crippen molar-refractivity contribution in [1.29, 1.82) is 5.26 Å². The summed E-state index contributed by atoms with van der Waals surface area (Å²) in [7, 11) is 0. The number of nitro groups is 1. The molecule has 2 bridgehead atoms. The molecule has 0 amide bonds. The molecule has 2 fully saturated rings. The summed E-state index contributed by atoms with van der Waals surface area (Å²) < 4.78 is 0.740. The maximum Gasteiger partial charge on any atom is 0.270 e. The fourth-order valence-electron chi connectivity index (χ4n) is 3.97. The summed E-state index contributed by atoms with van der Waals surface area (Å²) in [5.74, 6) is 1.20. The van der Waals surface area contributed by atoms with E-state index < -0.39 is 4.92 Å². The third kappa shape index (κ3) is 2.12. The number of benzene rings is 1. The lowest BCUT2D eigenvalue weighted by molar-refractivity contribution is -0.384. The molecule has 20 heavy (non-hydrogen) atoms. The highest BCUT2D eigenvalue weighted by Crippen LogP contribution is 2.57. The normalized spacial score (nSPS) is 31.2. The maximum absolute atomic E-state index is 10.8. The van der Waals surface area contributed by atoms with Crippen LogP contribution in [0.15, 0.2) is 22.7 Å². The fourth-order valence-corrected chi connectivity index (χ4v) is 4.48. The number of halogens is 1. The van der Waals surface area contributed by atoms with Crippen LogP contribution in [0.3, 0.4) is 0 Å². The van der Waals surface area contributed by atoms with E-state index in [-0.39, 0.29) is 11.1 Å². The topological polar surface area (TPSA) is 66.9 Å². The van der Waals surface area contributed by atoms with Crippen molar-refractivity contribution >= 4 is 21.6 Å². The number of fused-ring (bicyclic) bond motifs is 2. The number of nitriles is 1. The molecule has 0 radical (unpaired) electrons. The van der Waals surface area contributed by atoms with Crippen LogP contribution in [0.2, 0.25) is 0 Å². The Bertz CT molecular complexity index is 610.